The molecule has 0 aromatic rings. The first-order valence-electron chi connectivity index (χ1n) is 13.4. The second kappa shape index (κ2) is 7.21. The van der Waals surface area contributed by atoms with Crippen molar-refractivity contribution in [1.29, 1.82) is 0 Å². The summed E-state index contributed by atoms with van der Waals surface area (Å²) in [6.07, 6.45) is 12.0. The summed E-state index contributed by atoms with van der Waals surface area (Å²) in [5.74, 6) is 1.21. The van der Waals surface area contributed by atoms with Crippen molar-refractivity contribution in [2.45, 2.75) is 122 Å². The second-order valence-corrected chi connectivity index (χ2v) is 13.1. The van der Waals surface area contributed by atoms with Gasteiger partial charge in [0.2, 0.25) is 5.91 Å². The number of carbonyl (C=O) groups is 1. The van der Waals surface area contributed by atoms with Crippen molar-refractivity contribution in [2.24, 2.45) is 11.3 Å². The monoisotopic (exact) mass is 452 g/mol. The largest absolute Gasteiger partial charge is 0.490 e. The first-order valence-corrected chi connectivity index (χ1v) is 13.4. The lowest BCUT2D eigenvalue weighted by Crippen LogP contribution is -2.60. The first kappa shape index (κ1) is 22.4. The maximum atomic E-state index is 13.7. The third-order valence-electron chi connectivity index (χ3n) is 10.3. The van der Waals surface area contributed by atoms with E-state index in [0.717, 1.165) is 43.3 Å². The van der Waals surface area contributed by atoms with Crippen LogP contribution in [0.3, 0.4) is 0 Å². The SMILES string of the molecule is CC1(C)C(=O)N(C2CC(N3CC4CCC3CC4)C2)C2=C1CCC(B1OC(C)(C)C(C)(C)O1)=C2. The van der Waals surface area contributed by atoms with E-state index in [1.807, 2.05) is 0 Å². The molecule has 3 saturated heterocycles. The fourth-order valence-electron chi connectivity index (χ4n) is 7.26. The van der Waals surface area contributed by atoms with Gasteiger partial charge in [0.1, 0.15) is 0 Å². The number of allylic oxidation sites excluding steroid dienone is 2. The summed E-state index contributed by atoms with van der Waals surface area (Å²) in [6.45, 7) is 14.0. The third-order valence-corrected chi connectivity index (χ3v) is 10.3. The van der Waals surface area contributed by atoms with Crippen molar-refractivity contribution in [2.75, 3.05) is 6.54 Å². The Hall–Kier alpha value is -1.11. The van der Waals surface area contributed by atoms with Gasteiger partial charge in [-0.05, 0) is 116 Å². The summed E-state index contributed by atoms with van der Waals surface area (Å²) in [4.78, 5) is 18.6. The average Bonchev–Trinajstić information content (AvgIpc) is 3.08. The zero-order chi connectivity index (χ0) is 23.3. The van der Waals surface area contributed by atoms with Crippen LogP contribution in [0.15, 0.2) is 22.8 Å². The fraction of sp³-hybridized carbons (Fsp3) is 0.815. The normalized spacial score (nSPS) is 39.1. The van der Waals surface area contributed by atoms with E-state index in [4.69, 9.17) is 9.31 Å². The van der Waals surface area contributed by atoms with Crippen LogP contribution in [0.2, 0.25) is 0 Å². The van der Waals surface area contributed by atoms with Crippen LogP contribution in [0.4, 0.5) is 0 Å². The molecule has 0 unspecified atom stereocenters. The van der Waals surface area contributed by atoms with Crippen LogP contribution in [-0.4, -0.2) is 58.7 Å². The molecule has 0 aromatic carbocycles. The van der Waals surface area contributed by atoms with Crippen LogP contribution < -0.4 is 0 Å². The number of fused-ring (bicyclic) bond motifs is 3. The molecule has 7 rings (SSSR count). The van der Waals surface area contributed by atoms with E-state index in [1.165, 1.54) is 43.3 Å². The van der Waals surface area contributed by atoms with Gasteiger partial charge in [-0.3, -0.25) is 9.69 Å². The molecular weight excluding hydrogens is 411 g/mol. The molecule has 6 heteroatoms. The number of piperidine rings is 2. The molecule has 33 heavy (non-hydrogen) atoms. The Morgan fingerprint density at radius 2 is 1.52 bits per heavy atom. The molecule has 0 aromatic heterocycles. The topological polar surface area (TPSA) is 42.0 Å². The van der Waals surface area contributed by atoms with Gasteiger partial charge in [-0.2, -0.15) is 0 Å². The molecule has 7 aliphatic rings. The minimum Gasteiger partial charge on any atom is -0.400 e. The third kappa shape index (κ3) is 3.26. The molecule has 0 N–H and O–H groups in total. The number of rotatable bonds is 3. The number of amides is 1. The van der Waals surface area contributed by atoms with Gasteiger partial charge >= 0.3 is 7.12 Å². The van der Waals surface area contributed by atoms with Crippen LogP contribution in [-0.2, 0) is 14.1 Å². The highest BCUT2D eigenvalue weighted by Crippen LogP contribution is 2.51. The first-order chi connectivity index (χ1) is 15.5. The summed E-state index contributed by atoms with van der Waals surface area (Å²) in [7, 11) is -0.317. The van der Waals surface area contributed by atoms with Crippen molar-refractivity contribution in [3.63, 3.8) is 0 Å². The van der Waals surface area contributed by atoms with Crippen LogP contribution in [0, 0.1) is 11.3 Å². The lowest BCUT2D eigenvalue weighted by molar-refractivity contribution is -0.139. The standard InChI is InChI=1S/C27H41BN2O3/c1-25(2)22-12-9-18(28-32-26(3,4)27(5,6)33-28)13-23(22)30(24(25)31)21-14-20(15-21)29-16-17-7-10-19(29)11-8-17/h13,17,19-21H,7-12,14-16H2,1-6H3. The van der Waals surface area contributed by atoms with Gasteiger partial charge in [-0.15, -0.1) is 0 Å². The van der Waals surface area contributed by atoms with Gasteiger partial charge in [0, 0.05) is 30.4 Å². The fourth-order valence-corrected chi connectivity index (χ4v) is 7.26. The van der Waals surface area contributed by atoms with E-state index in [1.54, 1.807) is 0 Å². The summed E-state index contributed by atoms with van der Waals surface area (Å²) < 4.78 is 12.7. The maximum Gasteiger partial charge on any atom is 0.490 e. The van der Waals surface area contributed by atoms with Crippen molar-refractivity contribution in [3.05, 3.63) is 22.8 Å². The molecule has 4 aliphatic heterocycles. The molecule has 5 fully saturated rings. The molecule has 0 radical (unpaired) electrons. The molecule has 0 spiro atoms. The number of carbonyl (C=O) groups excluding carboxylic acids is 1. The van der Waals surface area contributed by atoms with Crippen LogP contribution >= 0.6 is 0 Å². The average molecular weight is 452 g/mol. The molecule has 4 heterocycles. The Balaban J connectivity index is 1.22. The Bertz CT molecular complexity index is 906. The highest BCUT2D eigenvalue weighted by molar-refractivity contribution is 6.54. The van der Waals surface area contributed by atoms with Gasteiger partial charge in [0.25, 0.3) is 0 Å². The van der Waals surface area contributed by atoms with Gasteiger partial charge < -0.3 is 14.2 Å². The highest BCUT2D eigenvalue weighted by atomic mass is 16.7. The van der Waals surface area contributed by atoms with Crippen LogP contribution in [0.1, 0.15) is 92.9 Å². The lowest BCUT2D eigenvalue weighted by atomic mass is 9.70. The molecule has 0 atom stereocenters. The molecular formula is C27H41BN2O3. The maximum absolute atomic E-state index is 13.7. The van der Waals surface area contributed by atoms with Gasteiger partial charge in [0.15, 0.2) is 0 Å². The Morgan fingerprint density at radius 1 is 0.879 bits per heavy atom. The van der Waals surface area contributed by atoms with Crippen molar-refractivity contribution < 1.29 is 14.1 Å². The smallest absolute Gasteiger partial charge is 0.400 e. The minimum atomic E-state index is -0.400. The number of hydrogen-bond donors (Lipinski definition) is 0. The van der Waals surface area contributed by atoms with E-state index < -0.39 is 5.41 Å². The van der Waals surface area contributed by atoms with E-state index in [9.17, 15) is 4.79 Å². The van der Waals surface area contributed by atoms with Crippen LogP contribution in [0.25, 0.3) is 0 Å². The lowest BCUT2D eigenvalue weighted by Gasteiger charge is -2.54. The number of nitrogens with zero attached hydrogens (tertiary/aromatic N) is 2. The molecule has 5 nitrogen and oxygen atoms in total. The summed E-state index contributed by atoms with van der Waals surface area (Å²) in [5, 5.41) is 0. The predicted molar refractivity (Wildman–Crippen MR) is 130 cm³/mol. The quantitative estimate of drug-likeness (QED) is 0.574. The van der Waals surface area contributed by atoms with Gasteiger partial charge in [-0.1, -0.05) is 0 Å². The predicted octanol–water partition coefficient (Wildman–Crippen LogP) is 4.87. The summed E-state index contributed by atoms with van der Waals surface area (Å²) in [5.41, 5.74) is 2.58. The Morgan fingerprint density at radius 3 is 2.09 bits per heavy atom. The Kier molecular flexibility index (Phi) is 4.88. The van der Waals surface area contributed by atoms with E-state index in [0.29, 0.717) is 18.0 Å². The summed E-state index contributed by atoms with van der Waals surface area (Å²) in [6, 6.07) is 1.80. The van der Waals surface area contributed by atoms with Crippen molar-refractivity contribution in [3.8, 4) is 0 Å². The van der Waals surface area contributed by atoms with Gasteiger partial charge in [-0.25, -0.2) is 0 Å². The molecule has 1 amide bonds. The van der Waals surface area contributed by atoms with Crippen LogP contribution in [0.5, 0.6) is 0 Å². The summed E-state index contributed by atoms with van der Waals surface area (Å²) >= 11 is 0. The molecule has 2 saturated carbocycles. The molecule has 180 valence electrons. The zero-order valence-electron chi connectivity index (χ0n) is 21.4. The van der Waals surface area contributed by atoms with E-state index in [-0.39, 0.29) is 18.3 Å². The van der Waals surface area contributed by atoms with Crippen molar-refractivity contribution in [1.82, 2.24) is 9.80 Å². The second-order valence-electron chi connectivity index (χ2n) is 13.1. The molecule has 2 bridgehead atoms. The van der Waals surface area contributed by atoms with E-state index in [2.05, 4.69) is 57.4 Å². The van der Waals surface area contributed by atoms with E-state index >= 15 is 0 Å². The minimum absolute atomic E-state index is 0.294. The molecule has 3 aliphatic carbocycles. The van der Waals surface area contributed by atoms with Crippen molar-refractivity contribution >= 4 is 13.0 Å². The highest BCUT2D eigenvalue weighted by Gasteiger charge is 2.56. The van der Waals surface area contributed by atoms with Gasteiger partial charge in [0.05, 0.1) is 16.6 Å². The number of hydrogen-bond acceptors (Lipinski definition) is 4. The zero-order valence-corrected chi connectivity index (χ0v) is 21.4. The Labute approximate surface area is 200 Å².